The molecule has 25 heavy (non-hydrogen) atoms. The number of methoxy groups -OCH3 is 1. The Labute approximate surface area is 150 Å². The van der Waals surface area contributed by atoms with Gasteiger partial charge in [0.25, 0.3) is 5.91 Å². The fourth-order valence-corrected chi connectivity index (χ4v) is 2.13. The minimum atomic E-state index is -0.544. The quantitative estimate of drug-likeness (QED) is 0.743. The van der Waals surface area contributed by atoms with Gasteiger partial charge in [0.2, 0.25) is 5.91 Å². The first-order valence-electron chi connectivity index (χ1n) is 7.31. The summed E-state index contributed by atoms with van der Waals surface area (Å²) < 4.78 is 10.3. The van der Waals surface area contributed by atoms with E-state index in [1.54, 1.807) is 48.5 Å². The van der Waals surface area contributed by atoms with Crippen molar-refractivity contribution < 1.29 is 19.1 Å². The maximum Gasteiger partial charge on any atom is 0.255 e. The van der Waals surface area contributed by atoms with E-state index in [0.29, 0.717) is 22.2 Å². The van der Waals surface area contributed by atoms with Gasteiger partial charge in [-0.25, -0.2) is 0 Å². The van der Waals surface area contributed by atoms with Gasteiger partial charge in [0.05, 0.1) is 12.8 Å². The van der Waals surface area contributed by atoms with Gasteiger partial charge in [-0.05, 0) is 42.0 Å². The van der Waals surface area contributed by atoms with Gasteiger partial charge < -0.3 is 20.5 Å². The van der Waals surface area contributed by atoms with Crippen LogP contribution in [-0.2, 0) is 9.59 Å². The van der Waals surface area contributed by atoms with Crippen LogP contribution in [0.3, 0.4) is 0 Å². The van der Waals surface area contributed by atoms with Gasteiger partial charge in [0.1, 0.15) is 11.5 Å². The highest BCUT2D eigenvalue weighted by Gasteiger charge is 2.06. The van der Waals surface area contributed by atoms with Gasteiger partial charge in [0, 0.05) is 11.1 Å². The third-order valence-electron chi connectivity index (χ3n) is 3.11. The van der Waals surface area contributed by atoms with E-state index in [4.69, 9.17) is 26.8 Å². The lowest BCUT2D eigenvalue weighted by molar-refractivity contribution is -0.120. The minimum Gasteiger partial charge on any atom is -0.495 e. The average Bonchev–Trinajstić information content (AvgIpc) is 2.59. The maximum absolute atomic E-state index is 12.0. The Balaban J connectivity index is 1.98. The maximum atomic E-state index is 12.0. The van der Waals surface area contributed by atoms with Crippen molar-refractivity contribution in [2.45, 2.75) is 0 Å². The van der Waals surface area contributed by atoms with Crippen molar-refractivity contribution in [3.8, 4) is 11.5 Å². The van der Waals surface area contributed by atoms with E-state index in [-0.39, 0.29) is 12.5 Å². The molecule has 0 spiro atoms. The molecule has 130 valence electrons. The lowest BCUT2D eigenvalue weighted by Gasteiger charge is -2.09. The zero-order chi connectivity index (χ0) is 18.2. The number of carbonyl (C=O) groups excluding carboxylic acids is 2. The first-order valence-corrected chi connectivity index (χ1v) is 7.69. The van der Waals surface area contributed by atoms with Crippen molar-refractivity contribution in [3.05, 3.63) is 59.1 Å². The molecule has 0 saturated heterocycles. The number of anilines is 1. The van der Waals surface area contributed by atoms with Crippen molar-refractivity contribution in [1.82, 2.24) is 0 Å². The molecule has 0 saturated carbocycles. The Bertz CT molecular complexity index is 788. The van der Waals surface area contributed by atoms with Crippen LogP contribution in [0.25, 0.3) is 6.08 Å². The summed E-state index contributed by atoms with van der Waals surface area (Å²) in [6.07, 6.45) is 3.03. The molecule has 2 amide bonds. The number of halogens is 1. The van der Waals surface area contributed by atoms with E-state index in [9.17, 15) is 9.59 Å². The van der Waals surface area contributed by atoms with Crippen LogP contribution in [0.2, 0.25) is 5.02 Å². The smallest absolute Gasteiger partial charge is 0.255 e. The molecule has 0 aliphatic heterocycles. The van der Waals surface area contributed by atoms with Crippen LogP contribution in [-0.4, -0.2) is 25.5 Å². The highest BCUT2D eigenvalue weighted by Crippen LogP contribution is 2.27. The Kier molecular flexibility index (Phi) is 6.42. The number of ether oxygens (including phenoxy) is 2. The lowest BCUT2D eigenvalue weighted by atomic mass is 10.2. The number of rotatable bonds is 7. The van der Waals surface area contributed by atoms with Crippen molar-refractivity contribution in [1.29, 1.82) is 0 Å². The number of nitrogens with two attached hydrogens (primary N) is 1. The summed E-state index contributed by atoms with van der Waals surface area (Å²) in [4.78, 5) is 22.7. The molecule has 0 aromatic heterocycles. The van der Waals surface area contributed by atoms with E-state index in [0.717, 1.165) is 5.56 Å². The van der Waals surface area contributed by atoms with Crippen LogP contribution in [0, 0.1) is 0 Å². The van der Waals surface area contributed by atoms with Gasteiger partial charge in [-0.15, -0.1) is 0 Å². The number of hydrogen-bond acceptors (Lipinski definition) is 4. The van der Waals surface area contributed by atoms with E-state index < -0.39 is 5.91 Å². The van der Waals surface area contributed by atoms with Gasteiger partial charge in [0.15, 0.2) is 6.61 Å². The summed E-state index contributed by atoms with van der Waals surface area (Å²) in [5.41, 5.74) is 6.29. The summed E-state index contributed by atoms with van der Waals surface area (Å²) in [5, 5.41) is 3.20. The molecule has 0 aliphatic rings. The summed E-state index contributed by atoms with van der Waals surface area (Å²) in [6, 6.07) is 11.8. The summed E-state index contributed by atoms with van der Waals surface area (Å²) >= 11 is 5.92. The molecule has 3 N–H and O–H groups in total. The standard InChI is InChI=1S/C18H17ClN2O4/c1-24-16-8-5-13(19)10-15(16)21-18(23)9-4-12-2-6-14(7-3-12)25-11-17(20)22/h2-10H,11H2,1H3,(H2,20,22)(H,21,23)/b9-4+. The highest BCUT2D eigenvalue weighted by molar-refractivity contribution is 6.31. The molecule has 0 unspecified atom stereocenters. The predicted octanol–water partition coefficient (Wildman–Crippen LogP) is 2.86. The molecule has 6 nitrogen and oxygen atoms in total. The van der Waals surface area contributed by atoms with Gasteiger partial charge in [-0.3, -0.25) is 9.59 Å². The molecule has 2 aromatic rings. The third-order valence-corrected chi connectivity index (χ3v) is 3.34. The van der Waals surface area contributed by atoms with E-state index >= 15 is 0 Å². The van der Waals surface area contributed by atoms with Crippen LogP contribution in [0.5, 0.6) is 11.5 Å². The largest absolute Gasteiger partial charge is 0.495 e. The predicted molar refractivity (Wildman–Crippen MR) is 96.8 cm³/mol. The van der Waals surface area contributed by atoms with Crippen molar-refractivity contribution in [3.63, 3.8) is 0 Å². The zero-order valence-corrected chi connectivity index (χ0v) is 14.2. The van der Waals surface area contributed by atoms with Crippen LogP contribution in [0.1, 0.15) is 5.56 Å². The second-order valence-corrected chi connectivity index (χ2v) is 5.43. The second kappa shape index (κ2) is 8.75. The number of amides is 2. The van der Waals surface area contributed by atoms with E-state index in [2.05, 4.69) is 5.32 Å². The number of primary amides is 1. The van der Waals surface area contributed by atoms with Crippen molar-refractivity contribution >= 4 is 35.2 Å². The third kappa shape index (κ3) is 5.86. The monoisotopic (exact) mass is 360 g/mol. The molecule has 0 heterocycles. The van der Waals surface area contributed by atoms with E-state index in [1.165, 1.54) is 13.2 Å². The topological polar surface area (TPSA) is 90.7 Å². The first kappa shape index (κ1) is 18.4. The summed E-state index contributed by atoms with van der Waals surface area (Å²) in [7, 11) is 1.51. The first-order chi connectivity index (χ1) is 12.0. The molecule has 0 fully saturated rings. The molecule has 7 heteroatoms. The Morgan fingerprint density at radius 2 is 1.92 bits per heavy atom. The second-order valence-electron chi connectivity index (χ2n) is 4.99. The zero-order valence-electron chi connectivity index (χ0n) is 13.5. The fourth-order valence-electron chi connectivity index (χ4n) is 1.95. The average molecular weight is 361 g/mol. The van der Waals surface area contributed by atoms with Gasteiger partial charge in [-0.2, -0.15) is 0 Å². The Morgan fingerprint density at radius 3 is 2.56 bits per heavy atom. The summed E-state index contributed by atoms with van der Waals surface area (Å²) in [5.74, 6) is 0.165. The molecule has 0 aliphatic carbocycles. The number of benzene rings is 2. The van der Waals surface area contributed by atoms with Crippen LogP contribution >= 0.6 is 11.6 Å². The van der Waals surface area contributed by atoms with Crippen LogP contribution in [0.4, 0.5) is 5.69 Å². The molecule has 0 radical (unpaired) electrons. The molecule has 0 atom stereocenters. The SMILES string of the molecule is COc1ccc(Cl)cc1NC(=O)/C=C/c1ccc(OCC(N)=O)cc1. The highest BCUT2D eigenvalue weighted by atomic mass is 35.5. The molecular formula is C18H17ClN2O4. The minimum absolute atomic E-state index is 0.181. The van der Waals surface area contributed by atoms with Crippen LogP contribution in [0.15, 0.2) is 48.5 Å². The van der Waals surface area contributed by atoms with E-state index in [1.807, 2.05) is 0 Å². The molecule has 0 bridgehead atoms. The normalized spacial score (nSPS) is 10.5. The van der Waals surface area contributed by atoms with Crippen molar-refractivity contribution in [2.24, 2.45) is 5.73 Å². The molecular weight excluding hydrogens is 344 g/mol. The number of nitrogens with one attached hydrogen (secondary N) is 1. The van der Waals surface area contributed by atoms with Crippen molar-refractivity contribution in [2.75, 3.05) is 19.0 Å². The lowest BCUT2D eigenvalue weighted by Crippen LogP contribution is -2.19. The van der Waals surface area contributed by atoms with Crippen LogP contribution < -0.4 is 20.5 Å². The Morgan fingerprint density at radius 1 is 1.20 bits per heavy atom. The number of carbonyl (C=O) groups is 2. The molecule has 2 rings (SSSR count). The Hall–Kier alpha value is -2.99. The van der Waals surface area contributed by atoms with Gasteiger partial charge in [-0.1, -0.05) is 23.7 Å². The summed E-state index contributed by atoms with van der Waals surface area (Å²) in [6.45, 7) is -0.181. The fraction of sp³-hybridized carbons (Fsp3) is 0.111. The molecule has 2 aromatic carbocycles. The van der Waals surface area contributed by atoms with Gasteiger partial charge >= 0.3 is 0 Å². The number of hydrogen-bond donors (Lipinski definition) is 2.